The van der Waals surface area contributed by atoms with Crippen LogP contribution in [0.3, 0.4) is 0 Å². The van der Waals surface area contributed by atoms with E-state index in [0.29, 0.717) is 62.0 Å². The number of ether oxygens (including phenoxy) is 6. The normalized spacial score (nSPS) is 34.4. The minimum Gasteiger partial charge on any atom is -0.493 e. The van der Waals surface area contributed by atoms with E-state index in [1.165, 1.54) is 19.1 Å². The van der Waals surface area contributed by atoms with Crippen molar-refractivity contribution in [2.24, 2.45) is 29.6 Å². The Balaban J connectivity index is 1.73. The van der Waals surface area contributed by atoms with Crippen molar-refractivity contribution in [3.63, 3.8) is 0 Å². The average Bonchev–Trinajstić information content (AvgIpc) is 3.32. The Kier molecular flexibility index (Phi) is 21.8. The van der Waals surface area contributed by atoms with Crippen LogP contribution in [-0.4, -0.2) is 133 Å². The third-order valence-electron chi connectivity index (χ3n) is 13.7. The number of Topliss-reactive ketones (excluding diaryl/α,β-unsaturated/α-hetero) is 3. The van der Waals surface area contributed by atoms with E-state index in [1.54, 1.807) is 53.0 Å². The van der Waals surface area contributed by atoms with E-state index in [4.69, 9.17) is 28.4 Å². The molecule has 3 aliphatic rings. The molecular formula is C53H77NO14. The molecule has 0 spiro atoms. The van der Waals surface area contributed by atoms with Crippen molar-refractivity contribution < 1.29 is 67.7 Å². The van der Waals surface area contributed by atoms with Gasteiger partial charge in [-0.25, -0.2) is 4.79 Å². The van der Waals surface area contributed by atoms with E-state index in [1.807, 2.05) is 57.2 Å². The lowest BCUT2D eigenvalue weighted by Crippen LogP contribution is -2.61. The molecule has 3 aliphatic heterocycles. The first kappa shape index (κ1) is 56.1. The van der Waals surface area contributed by atoms with Crippen molar-refractivity contribution in [2.75, 3.05) is 41.1 Å². The van der Waals surface area contributed by atoms with Crippen LogP contribution in [0.2, 0.25) is 0 Å². The van der Waals surface area contributed by atoms with Crippen LogP contribution in [-0.2, 0) is 49.3 Å². The highest BCUT2D eigenvalue weighted by atomic mass is 16.6. The number of aliphatic hydroxyl groups excluding tert-OH is 2. The number of nitrogens with zero attached hydrogens (tertiary/aromatic N) is 1. The Morgan fingerprint density at radius 1 is 0.897 bits per heavy atom. The number of hydrogen-bond donors (Lipinski definition) is 3. The van der Waals surface area contributed by atoms with Crippen LogP contribution >= 0.6 is 0 Å². The van der Waals surface area contributed by atoms with Crippen molar-refractivity contribution in [3.8, 4) is 11.5 Å². The standard InChI is InChI=1S/C53H77NO14/c1-32-16-12-11-13-17-33(2)44(63-8)30-40-21-19-38(7)53(62,68-40)50(59)51(60)54-23-15-14-18-41(54)52(61)67-45(35(4)28-39-20-22-43(66-25-24-55)46(29-39)64-9)31-42(56)34(3)27-37(6)48(58)49(65-10)47(57)36(5)26-32/h11-13,16-17,20,22,27,29,32,34-36,38,40-41,44-45,48-49,55,58,62H,14-15,18-19,21,23-26,28,30-31H2,1-10H3/b13-11+,16-12+,33-17+,37-27+/t32-,34-,35-,36-,38-,40+,41+,44+,45+,48-,49+,53-/m1/s1. The quantitative estimate of drug-likeness (QED) is 0.143. The van der Waals surface area contributed by atoms with E-state index in [9.17, 15) is 39.3 Å². The number of piperidine rings is 1. The first-order valence-electron chi connectivity index (χ1n) is 24.2. The molecule has 15 heteroatoms. The second-order valence-corrected chi connectivity index (χ2v) is 19.1. The zero-order valence-corrected chi connectivity index (χ0v) is 41.8. The van der Waals surface area contributed by atoms with Gasteiger partial charge in [0.15, 0.2) is 17.3 Å². The molecule has 378 valence electrons. The molecule has 0 unspecified atom stereocenters. The van der Waals surface area contributed by atoms with Crippen LogP contribution in [0.25, 0.3) is 0 Å². The number of allylic oxidation sites excluding steroid dienone is 6. The van der Waals surface area contributed by atoms with E-state index < -0.39 is 83.7 Å². The summed E-state index contributed by atoms with van der Waals surface area (Å²) < 4.78 is 35.0. The second kappa shape index (κ2) is 26.5. The van der Waals surface area contributed by atoms with Gasteiger partial charge < -0.3 is 48.6 Å². The van der Waals surface area contributed by atoms with Crippen LogP contribution in [0.15, 0.2) is 65.8 Å². The van der Waals surface area contributed by atoms with Crippen molar-refractivity contribution in [3.05, 3.63) is 71.4 Å². The number of carbonyl (C=O) groups is 5. The van der Waals surface area contributed by atoms with Crippen molar-refractivity contribution >= 4 is 29.2 Å². The van der Waals surface area contributed by atoms with Crippen molar-refractivity contribution in [2.45, 2.75) is 149 Å². The van der Waals surface area contributed by atoms with Crippen LogP contribution in [0, 0.1) is 29.6 Å². The van der Waals surface area contributed by atoms with Gasteiger partial charge >= 0.3 is 5.97 Å². The first-order valence-corrected chi connectivity index (χ1v) is 24.2. The number of esters is 1. The Morgan fingerprint density at radius 3 is 2.31 bits per heavy atom. The summed E-state index contributed by atoms with van der Waals surface area (Å²) in [7, 11) is 4.43. The Hall–Kier alpha value is -4.51. The number of fused-ring (bicyclic) bond motifs is 3. The molecule has 1 aromatic rings. The minimum absolute atomic E-state index is 0.00650. The Labute approximate surface area is 402 Å². The summed E-state index contributed by atoms with van der Waals surface area (Å²) >= 11 is 0. The first-order chi connectivity index (χ1) is 32.3. The molecule has 12 atom stereocenters. The van der Waals surface area contributed by atoms with Crippen molar-refractivity contribution in [1.82, 2.24) is 4.90 Å². The smallest absolute Gasteiger partial charge is 0.329 e. The van der Waals surface area contributed by atoms with Gasteiger partial charge in [-0.2, -0.15) is 0 Å². The van der Waals surface area contributed by atoms with Crippen LogP contribution in [0.1, 0.15) is 105 Å². The number of methoxy groups -OCH3 is 3. The molecule has 2 fully saturated rings. The zero-order valence-electron chi connectivity index (χ0n) is 41.8. The zero-order chi connectivity index (χ0) is 50.3. The number of ketones is 3. The van der Waals surface area contributed by atoms with Crippen LogP contribution in [0.5, 0.6) is 11.5 Å². The van der Waals surface area contributed by atoms with Gasteiger partial charge in [-0.15, -0.1) is 0 Å². The molecule has 3 heterocycles. The Bertz CT molecular complexity index is 2010. The van der Waals surface area contributed by atoms with Gasteiger partial charge in [-0.1, -0.05) is 77.1 Å². The minimum atomic E-state index is -2.45. The SMILES string of the molecule is COc1cc(C[C@@H](C)[C@@H]2CC(=O)[C@H](C)/C=C(\C)[C@@H](O)[C@@H](OC)C(=O)[C@H](C)C[C@H](C)/C=C/C=C/C=C(\C)[C@@H](OC)C[C@@H]3CC[C@@H](C)[C@@](O)(O3)C(=O)C(=O)N3CCCC[C@H]3C(=O)O2)ccc1OCCO. The molecule has 0 aliphatic carbocycles. The van der Waals surface area contributed by atoms with Crippen molar-refractivity contribution in [1.29, 1.82) is 0 Å². The fourth-order valence-corrected chi connectivity index (χ4v) is 9.39. The van der Waals surface area contributed by atoms with Gasteiger partial charge in [0.05, 0.1) is 25.9 Å². The van der Waals surface area contributed by atoms with Gasteiger partial charge in [0.2, 0.25) is 5.79 Å². The van der Waals surface area contributed by atoms with Gasteiger partial charge in [0, 0.05) is 51.4 Å². The molecule has 3 N–H and O–H groups in total. The molecule has 4 rings (SSSR count). The summed E-state index contributed by atoms with van der Waals surface area (Å²) in [5, 5.41) is 32.7. The summed E-state index contributed by atoms with van der Waals surface area (Å²) in [5.41, 5.74) is 2.01. The maximum Gasteiger partial charge on any atom is 0.329 e. The fourth-order valence-electron chi connectivity index (χ4n) is 9.39. The lowest BCUT2D eigenvalue weighted by Gasteiger charge is -2.42. The number of hydrogen-bond acceptors (Lipinski definition) is 14. The van der Waals surface area contributed by atoms with E-state index in [-0.39, 0.29) is 50.1 Å². The summed E-state index contributed by atoms with van der Waals surface area (Å²) in [6.07, 6.45) is 9.58. The van der Waals surface area contributed by atoms with Gasteiger partial charge in [-0.3, -0.25) is 19.2 Å². The van der Waals surface area contributed by atoms with Gasteiger partial charge in [-0.05, 0) is 99.5 Å². The Morgan fingerprint density at radius 2 is 1.63 bits per heavy atom. The molecule has 68 heavy (non-hydrogen) atoms. The topological polar surface area (TPSA) is 205 Å². The van der Waals surface area contributed by atoms with Crippen LogP contribution < -0.4 is 9.47 Å². The number of aliphatic hydroxyl groups is 3. The molecule has 0 radical (unpaired) electrons. The summed E-state index contributed by atoms with van der Waals surface area (Å²) in [4.78, 5) is 72.0. The van der Waals surface area contributed by atoms with Gasteiger partial charge in [0.25, 0.3) is 11.7 Å². The molecule has 0 saturated carbocycles. The summed E-state index contributed by atoms with van der Waals surface area (Å²) in [6.45, 7) is 12.4. The van der Waals surface area contributed by atoms with Gasteiger partial charge in [0.1, 0.15) is 36.7 Å². The molecular weight excluding hydrogens is 875 g/mol. The highest BCUT2D eigenvalue weighted by Gasteiger charge is 2.53. The molecule has 15 nitrogen and oxygen atoms in total. The number of benzene rings is 1. The number of rotatable bonds is 9. The maximum atomic E-state index is 14.4. The van der Waals surface area contributed by atoms with E-state index >= 15 is 0 Å². The fraction of sp³-hybridized carbons (Fsp3) is 0.642. The third kappa shape index (κ3) is 14.8. The molecule has 1 amide bonds. The predicted octanol–water partition coefficient (Wildman–Crippen LogP) is 6.24. The average molecular weight is 952 g/mol. The monoisotopic (exact) mass is 952 g/mol. The number of amides is 1. The third-order valence-corrected chi connectivity index (χ3v) is 13.7. The lowest BCUT2D eigenvalue weighted by molar-refractivity contribution is -0.265. The summed E-state index contributed by atoms with van der Waals surface area (Å²) in [5.74, 6) is -7.63. The lowest BCUT2D eigenvalue weighted by atomic mass is 9.85. The molecule has 0 aromatic heterocycles. The molecule has 2 bridgehead atoms. The molecule has 2 saturated heterocycles. The van der Waals surface area contributed by atoms with E-state index in [2.05, 4.69) is 0 Å². The maximum absolute atomic E-state index is 14.4. The largest absolute Gasteiger partial charge is 0.493 e. The number of carbonyl (C=O) groups excluding carboxylic acids is 5. The molecule has 1 aromatic carbocycles. The summed E-state index contributed by atoms with van der Waals surface area (Å²) in [6, 6.07) is 4.11. The number of cyclic esters (lactones) is 1. The van der Waals surface area contributed by atoms with E-state index in [0.717, 1.165) is 11.1 Å². The highest BCUT2D eigenvalue weighted by molar-refractivity contribution is 6.39. The van der Waals surface area contributed by atoms with Crippen LogP contribution in [0.4, 0.5) is 0 Å². The highest BCUT2D eigenvalue weighted by Crippen LogP contribution is 2.37. The second-order valence-electron chi connectivity index (χ2n) is 19.1. The predicted molar refractivity (Wildman–Crippen MR) is 256 cm³/mol.